The zero-order chi connectivity index (χ0) is 16.5. The first-order chi connectivity index (χ1) is 11.2. The maximum absolute atomic E-state index is 12.0. The van der Waals surface area contributed by atoms with Crippen LogP contribution in [0.4, 0.5) is 5.82 Å². The molecule has 1 heterocycles. The average molecular weight is 311 g/mol. The number of carbonyl (C=O) groups is 2. The molecule has 2 N–H and O–H groups in total. The van der Waals surface area contributed by atoms with Crippen molar-refractivity contribution in [3.8, 4) is 0 Å². The van der Waals surface area contributed by atoms with Crippen molar-refractivity contribution < 1.29 is 9.59 Å². The number of aldehydes is 1. The number of benzene rings is 1. The van der Waals surface area contributed by atoms with Crippen LogP contribution in [0.3, 0.4) is 0 Å². The van der Waals surface area contributed by atoms with E-state index in [1.165, 1.54) is 0 Å². The Balaban J connectivity index is 1.96. The minimum Gasteiger partial charge on any atom is -0.319 e. The summed E-state index contributed by atoms with van der Waals surface area (Å²) in [6.07, 6.45) is 3.39. The molecule has 2 rings (SSSR count). The van der Waals surface area contributed by atoms with Crippen molar-refractivity contribution >= 4 is 18.0 Å². The normalized spacial score (nSPS) is 11.7. The standard InChI is InChI=1S/C18H21N3O2/c1-19-12-16(9-10-22)15-7-8-17(20-13-15)21-18(23)11-14-5-3-2-4-6-14/h2-8,10,13,16,19H,9,11-12H2,1H3,(H,20,21,23). The van der Waals surface area contributed by atoms with Crippen LogP contribution in [0.1, 0.15) is 23.5 Å². The van der Waals surface area contributed by atoms with Crippen LogP contribution < -0.4 is 10.6 Å². The van der Waals surface area contributed by atoms with Gasteiger partial charge in [-0.2, -0.15) is 0 Å². The summed E-state index contributed by atoms with van der Waals surface area (Å²) in [5.41, 5.74) is 1.94. The molecule has 5 nitrogen and oxygen atoms in total. The highest BCUT2D eigenvalue weighted by atomic mass is 16.1. The Hall–Kier alpha value is -2.53. The van der Waals surface area contributed by atoms with Crippen molar-refractivity contribution in [3.63, 3.8) is 0 Å². The molecule has 0 radical (unpaired) electrons. The van der Waals surface area contributed by atoms with Gasteiger partial charge in [0.2, 0.25) is 5.91 Å². The van der Waals surface area contributed by atoms with E-state index in [1.54, 1.807) is 12.3 Å². The van der Waals surface area contributed by atoms with Gasteiger partial charge in [-0.3, -0.25) is 4.79 Å². The number of carbonyl (C=O) groups excluding carboxylic acids is 2. The second kappa shape index (κ2) is 8.80. The van der Waals surface area contributed by atoms with Gasteiger partial charge in [0.1, 0.15) is 12.1 Å². The van der Waals surface area contributed by atoms with Gasteiger partial charge in [0.15, 0.2) is 0 Å². The smallest absolute Gasteiger partial charge is 0.229 e. The molecular weight excluding hydrogens is 290 g/mol. The Bertz CT molecular complexity index is 626. The summed E-state index contributed by atoms with van der Waals surface area (Å²) >= 11 is 0. The van der Waals surface area contributed by atoms with Gasteiger partial charge in [-0.15, -0.1) is 0 Å². The molecule has 0 aliphatic rings. The summed E-state index contributed by atoms with van der Waals surface area (Å²) in [5, 5.41) is 5.85. The van der Waals surface area contributed by atoms with E-state index in [0.29, 0.717) is 25.2 Å². The molecule has 1 aromatic heterocycles. The van der Waals surface area contributed by atoms with Crippen LogP contribution in [-0.4, -0.2) is 30.8 Å². The van der Waals surface area contributed by atoms with Gasteiger partial charge in [0.05, 0.1) is 6.42 Å². The molecule has 2 aromatic rings. The first-order valence-corrected chi connectivity index (χ1v) is 7.61. The van der Waals surface area contributed by atoms with Gasteiger partial charge in [-0.25, -0.2) is 4.98 Å². The van der Waals surface area contributed by atoms with E-state index in [0.717, 1.165) is 17.4 Å². The molecule has 0 spiro atoms. The molecule has 1 atom stereocenters. The number of nitrogens with one attached hydrogen (secondary N) is 2. The van der Waals surface area contributed by atoms with E-state index in [4.69, 9.17) is 0 Å². The first-order valence-electron chi connectivity index (χ1n) is 7.61. The fraction of sp³-hybridized carbons (Fsp3) is 0.278. The average Bonchev–Trinajstić information content (AvgIpc) is 2.56. The van der Waals surface area contributed by atoms with Gasteiger partial charge in [0, 0.05) is 25.1 Å². The Morgan fingerprint density at radius 2 is 2.00 bits per heavy atom. The monoisotopic (exact) mass is 311 g/mol. The van der Waals surface area contributed by atoms with Gasteiger partial charge in [-0.05, 0) is 24.2 Å². The summed E-state index contributed by atoms with van der Waals surface area (Å²) in [6.45, 7) is 0.708. The third-order valence-corrected chi connectivity index (χ3v) is 3.56. The number of anilines is 1. The van der Waals surface area contributed by atoms with E-state index in [-0.39, 0.29) is 11.8 Å². The molecule has 5 heteroatoms. The topological polar surface area (TPSA) is 71.1 Å². The number of likely N-dealkylation sites (N-methyl/N-ethyl adjacent to an activating group) is 1. The third-order valence-electron chi connectivity index (χ3n) is 3.56. The Morgan fingerprint density at radius 3 is 2.61 bits per heavy atom. The number of nitrogens with zero attached hydrogens (tertiary/aromatic N) is 1. The minimum absolute atomic E-state index is 0.0964. The van der Waals surface area contributed by atoms with Crippen molar-refractivity contribution in [2.75, 3.05) is 18.9 Å². The van der Waals surface area contributed by atoms with Crippen molar-refractivity contribution in [2.45, 2.75) is 18.8 Å². The molecular formula is C18H21N3O2. The molecule has 0 fully saturated rings. The fourth-order valence-corrected chi connectivity index (χ4v) is 2.39. The van der Waals surface area contributed by atoms with Crippen molar-refractivity contribution in [2.24, 2.45) is 0 Å². The maximum atomic E-state index is 12.0. The zero-order valence-corrected chi connectivity index (χ0v) is 13.2. The van der Waals surface area contributed by atoms with Crippen LogP contribution in [-0.2, 0) is 16.0 Å². The summed E-state index contributed by atoms with van der Waals surface area (Å²) in [5.74, 6) is 0.513. The lowest BCUT2D eigenvalue weighted by Crippen LogP contribution is -2.18. The van der Waals surface area contributed by atoms with Gasteiger partial charge >= 0.3 is 0 Å². The zero-order valence-electron chi connectivity index (χ0n) is 13.2. The lowest BCUT2D eigenvalue weighted by molar-refractivity contribution is -0.115. The van der Waals surface area contributed by atoms with Crippen LogP contribution in [0.2, 0.25) is 0 Å². The molecule has 23 heavy (non-hydrogen) atoms. The SMILES string of the molecule is CNCC(CC=O)c1ccc(NC(=O)Cc2ccccc2)nc1. The van der Waals surface area contributed by atoms with Crippen molar-refractivity contribution in [3.05, 3.63) is 59.8 Å². The van der Waals surface area contributed by atoms with Crippen LogP contribution in [0, 0.1) is 0 Å². The van der Waals surface area contributed by atoms with Crippen LogP contribution in [0.25, 0.3) is 0 Å². The second-order valence-corrected chi connectivity index (χ2v) is 5.34. The van der Waals surface area contributed by atoms with Gasteiger partial charge in [-0.1, -0.05) is 36.4 Å². The van der Waals surface area contributed by atoms with Crippen molar-refractivity contribution in [1.82, 2.24) is 10.3 Å². The van der Waals surface area contributed by atoms with Crippen LogP contribution in [0.15, 0.2) is 48.7 Å². The molecule has 1 aromatic carbocycles. The lowest BCUT2D eigenvalue weighted by atomic mass is 9.98. The number of amides is 1. The number of aromatic nitrogens is 1. The van der Waals surface area contributed by atoms with Crippen LogP contribution >= 0.6 is 0 Å². The Morgan fingerprint density at radius 1 is 1.22 bits per heavy atom. The van der Waals surface area contributed by atoms with E-state index < -0.39 is 0 Å². The number of hydrogen-bond acceptors (Lipinski definition) is 4. The highest BCUT2D eigenvalue weighted by Gasteiger charge is 2.11. The van der Waals surface area contributed by atoms with Crippen molar-refractivity contribution in [1.29, 1.82) is 0 Å². The molecule has 0 aliphatic heterocycles. The highest BCUT2D eigenvalue weighted by Crippen LogP contribution is 2.18. The van der Waals surface area contributed by atoms with E-state index in [9.17, 15) is 9.59 Å². The molecule has 0 saturated heterocycles. The van der Waals surface area contributed by atoms with Gasteiger partial charge < -0.3 is 15.4 Å². The quantitative estimate of drug-likeness (QED) is 0.733. The number of rotatable bonds is 8. The largest absolute Gasteiger partial charge is 0.319 e. The van der Waals surface area contributed by atoms with Crippen LogP contribution in [0.5, 0.6) is 0 Å². The predicted octanol–water partition coefficient (Wildman–Crippen LogP) is 2.15. The molecule has 0 bridgehead atoms. The summed E-state index contributed by atoms with van der Waals surface area (Å²) < 4.78 is 0. The summed E-state index contributed by atoms with van der Waals surface area (Å²) in [4.78, 5) is 27.0. The summed E-state index contributed by atoms with van der Waals surface area (Å²) in [6, 6.07) is 13.2. The molecule has 120 valence electrons. The predicted molar refractivity (Wildman–Crippen MR) is 90.4 cm³/mol. The molecule has 0 aliphatic carbocycles. The first kappa shape index (κ1) is 16.8. The lowest BCUT2D eigenvalue weighted by Gasteiger charge is -2.14. The number of hydrogen-bond donors (Lipinski definition) is 2. The van der Waals surface area contributed by atoms with E-state index >= 15 is 0 Å². The van der Waals surface area contributed by atoms with E-state index in [1.807, 2.05) is 43.4 Å². The fourth-order valence-electron chi connectivity index (χ4n) is 2.39. The van der Waals surface area contributed by atoms with E-state index in [2.05, 4.69) is 15.6 Å². The maximum Gasteiger partial charge on any atom is 0.229 e. The molecule has 0 saturated carbocycles. The summed E-state index contributed by atoms with van der Waals surface area (Å²) in [7, 11) is 1.85. The Labute approximate surface area is 136 Å². The number of pyridine rings is 1. The third kappa shape index (κ3) is 5.30. The minimum atomic E-state index is -0.101. The molecule has 1 unspecified atom stereocenters. The second-order valence-electron chi connectivity index (χ2n) is 5.34. The molecule has 1 amide bonds. The van der Waals surface area contributed by atoms with Gasteiger partial charge in [0.25, 0.3) is 0 Å². The Kier molecular flexibility index (Phi) is 6.44. The highest BCUT2D eigenvalue weighted by molar-refractivity contribution is 5.91.